The maximum absolute atomic E-state index is 8.96. The van der Waals surface area contributed by atoms with Crippen LogP contribution in [-0.2, 0) is 0 Å². The predicted molar refractivity (Wildman–Crippen MR) is 99.2 cm³/mol. The van der Waals surface area contributed by atoms with Crippen LogP contribution in [0.25, 0.3) is 0 Å². The minimum atomic E-state index is -1.89. The summed E-state index contributed by atoms with van der Waals surface area (Å²) in [4.78, 5) is -1.89. The first-order chi connectivity index (χ1) is 11.5. The fourth-order valence-corrected chi connectivity index (χ4v) is 3.16. The number of nitrogens with zero attached hydrogens (tertiary/aromatic N) is 1. The quantitative estimate of drug-likeness (QED) is 0.142. The van der Waals surface area contributed by atoms with Gasteiger partial charge in [0.1, 0.15) is 0 Å². The van der Waals surface area contributed by atoms with Crippen molar-refractivity contribution in [1.82, 2.24) is 0 Å². The van der Waals surface area contributed by atoms with E-state index in [0.29, 0.717) is 6.42 Å². The van der Waals surface area contributed by atoms with Crippen LogP contribution in [0.3, 0.4) is 0 Å². The molecular formula is C20H44NO3+. The fraction of sp³-hybridized carbons (Fsp3) is 1.00. The van der Waals surface area contributed by atoms with Crippen LogP contribution in [0.15, 0.2) is 0 Å². The SMILES string of the molecule is CCCCCCCCCCCCCCCCCCC(C)[N+](O)(O)O. The molecule has 0 aliphatic rings. The Morgan fingerprint density at radius 1 is 0.542 bits per heavy atom. The summed E-state index contributed by atoms with van der Waals surface area (Å²) >= 11 is 0. The van der Waals surface area contributed by atoms with Gasteiger partial charge in [0.15, 0.2) is 6.04 Å². The maximum atomic E-state index is 8.96. The third kappa shape index (κ3) is 16.7. The van der Waals surface area contributed by atoms with Crippen molar-refractivity contribution in [3.05, 3.63) is 0 Å². The number of hydroxylamine groups is 3. The van der Waals surface area contributed by atoms with E-state index in [9.17, 15) is 0 Å². The van der Waals surface area contributed by atoms with Crippen molar-refractivity contribution < 1.29 is 20.6 Å². The van der Waals surface area contributed by atoms with E-state index in [-0.39, 0.29) is 0 Å². The van der Waals surface area contributed by atoms with Crippen LogP contribution in [0.5, 0.6) is 0 Å². The van der Waals surface area contributed by atoms with Crippen LogP contribution in [0, 0.1) is 0 Å². The van der Waals surface area contributed by atoms with E-state index in [0.717, 1.165) is 12.8 Å². The first-order valence-corrected chi connectivity index (χ1v) is 10.6. The smallest absolute Gasteiger partial charge is 0.146 e. The van der Waals surface area contributed by atoms with Gasteiger partial charge >= 0.3 is 0 Å². The number of hydrogen-bond donors (Lipinski definition) is 3. The summed E-state index contributed by atoms with van der Waals surface area (Å²) in [6.07, 6.45) is 22.0. The normalized spacial score (nSPS) is 13.4. The zero-order chi connectivity index (χ0) is 18.1. The van der Waals surface area contributed by atoms with Crippen molar-refractivity contribution in [2.75, 3.05) is 0 Å². The predicted octanol–water partition coefficient (Wildman–Crippen LogP) is 7.01. The van der Waals surface area contributed by atoms with E-state index in [1.807, 2.05) is 0 Å². The Morgan fingerprint density at radius 2 is 0.833 bits per heavy atom. The molecule has 4 heteroatoms. The molecule has 0 amide bonds. The summed E-state index contributed by atoms with van der Waals surface area (Å²) in [5.74, 6) is 0. The molecule has 0 fully saturated rings. The van der Waals surface area contributed by atoms with Gasteiger partial charge in [0.25, 0.3) is 0 Å². The molecule has 0 saturated carbocycles. The minimum absolute atomic E-state index is 0.531. The number of hydrogen-bond acceptors (Lipinski definition) is 3. The van der Waals surface area contributed by atoms with E-state index >= 15 is 0 Å². The molecule has 1 unspecified atom stereocenters. The molecule has 0 heterocycles. The fourth-order valence-electron chi connectivity index (χ4n) is 3.16. The third-order valence-electron chi connectivity index (χ3n) is 5.07. The molecule has 24 heavy (non-hydrogen) atoms. The molecule has 0 radical (unpaired) electrons. The first kappa shape index (κ1) is 23.8. The summed E-state index contributed by atoms with van der Waals surface area (Å²) in [5, 5.41) is 26.9. The van der Waals surface area contributed by atoms with E-state index in [4.69, 9.17) is 15.6 Å². The van der Waals surface area contributed by atoms with Crippen molar-refractivity contribution in [3.8, 4) is 0 Å². The second-order valence-electron chi connectivity index (χ2n) is 7.56. The molecule has 0 aromatic heterocycles. The lowest BCUT2D eigenvalue weighted by atomic mass is 10.0. The summed E-state index contributed by atoms with van der Waals surface area (Å²) in [6, 6.07) is -0.531. The van der Waals surface area contributed by atoms with Crippen molar-refractivity contribution in [1.29, 1.82) is 0 Å². The summed E-state index contributed by atoms with van der Waals surface area (Å²) in [7, 11) is 0. The Labute approximate surface area is 150 Å². The van der Waals surface area contributed by atoms with Crippen molar-refractivity contribution in [2.24, 2.45) is 0 Å². The van der Waals surface area contributed by atoms with Gasteiger partial charge in [-0.1, -0.05) is 103 Å². The second-order valence-corrected chi connectivity index (χ2v) is 7.56. The van der Waals surface area contributed by atoms with E-state index in [1.165, 1.54) is 89.9 Å². The number of rotatable bonds is 18. The van der Waals surface area contributed by atoms with Gasteiger partial charge in [-0.15, -0.1) is 15.6 Å². The summed E-state index contributed by atoms with van der Waals surface area (Å²) in [6.45, 7) is 3.92. The van der Waals surface area contributed by atoms with Crippen molar-refractivity contribution in [2.45, 2.75) is 129 Å². The van der Waals surface area contributed by atoms with Gasteiger partial charge in [-0.2, -0.15) is 0 Å². The second kappa shape index (κ2) is 16.3. The average molecular weight is 347 g/mol. The molecule has 0 spiro atoms. The third-order valence-corrected chi connectivity index (χ3v) is 5.07. The lowest BCUT2D eigenvalue weighted by Crippen LogP contribution is -2.45. The molecule has 0 bridgehead atoms. The van der Waals surface area contributed by atoms with Crippen molar-refractivity contribution >= 4 is 0 Å². The summed E-state index contributed by atoms with van der Waals surface area (Å²) < 4.78 is 0. The van der Waals surface area contributed by atoms with Gasteiger partial charge in [-0.05, 0) is 13.3 Å². The topological polar surface area (TPSA) is 60.7 Å². The van der Waals surface area contributed by atoms with Crippen LogP contribution >= 0.6 is 0 Å². The summed E-state index contributed by atoms with van der Waals surface area (Å²) in [5.41, 5.74) is 0. The molecule has 0 aromatic carbocycles. The molecule has 1 atom stereocenters. The van der Waals surface area contributed by atoms with Crippen molar-refractivity contribution in [3.63, 3.8) is 0 Å². The van der Waals surface area contributed by atoms with E-state index in [2.05, 4.69) is 6.92 Å². The monoisotopic (exact) mass is 346 g/mol. The van der Waals surface area contributed by atoms with Crippen LogP contribution in [0.4, 0.5) is 0 Å². The highest BCUT2D eigenvalue weighted by Crippen LogP contribution is 2.15. The molecular weight excluding hydrogens is 302 g/mol. The Bertz CT molecular complexity index is 254. The van der Waals surface area contributed by atoms with Crippen LogP contribution in [0.1, 0.15) is 123 Å². The van der Waals surface area contributed by atoms with Gasteiger partial charge in [-0.3, -0.25) is 0 Å². The van der Waals surface area contributed by atoms with Crippen LogP contribution < -0.4 is 0 Å². The highest BCUT2D eigenvalue weighted by atomic mass is 17.1. The lowest BCUT2D eigenvalue weighted by molar-refractivity contribution is -1.38. The highest BCUT2D eigenvalue weighted by molar-refractivity contribution is 4.51. The van der Waals surface area contributed by atoms with Gasteiger partial charge in [-0.25, -0.2) is 0 Å². The largest absolute Gasteiger partial charge is 0.184 e. The molecule has 3 N–H and O–H groups in total. The minimum Gasteiger partial charge on any atom is -0.146 e. The molecule has 0 saturated heterocycles. The van der Waals surface area contributed by atoms with E-state index < -0.39 is 11.0 Å². The zero-order valence-corrected chi connectivity index (χ0v) is 16.4. The lowest BCUT2D eigenvalue weighted by Gasteiger charge is -2.18. The maximum Gasteiger partial charge on any atom is 0.184 e. The van der Waals surface area contributed by atoms with Gasteiger partial charge in [0.2, 0.25) is 0 Å². The van der Waals surface area contributed by atoms with Crippen LogP contribution in [-0.4, -0.2) is 26.6 Å². The Hall–Kier alpha value is -0.160. The molecule has 0 rings (SSSR count). The zero-order valence-electron chi connectivity index (χ0n) is 16.4. The highest BCUT2D eigenvalue weighted by Gasteiger charge is 2.28. The molecule has 146 valence electrons. The van der Waals surface area contributed by atoms with Gasteiger partial charge in [0, 0.05) is 6.42 Å². The standard InChI is InChI=1S/C20H44NO3/c1-3-4-5-6-7-8-9-10-11-12-13-14-15-16-17-18-19-20(2)21(22,23)24/h20,22-24H,3-19H2,1-2H3/q+1. The average Bonchev–Trinajstić information content (AvgIpc) is 2.53. The molecule has 0 aromatic rings. The van der Waals surface area contributed by atoms with Gasteiger partial charge in [0.05, 0.1) is 4.97 Å². The number of unbranched alkanes of at least 4 members (excludes halogenated alkanes) is 15. The molecule has 4 nitrogen and oxygen atoms in total. The van der Waals surface area contributed by atoms with Gasteiger partial charge < -0.3 is 0 Å². The van der Waals surface area contributed by atoms with Crippen LogP contribution in [0.2, 0.25) is 0 Å². The Kier molecular flexibility index (Phi) is 16.2. The molecule has 0 aliphatic carbocycles. The first-order valence-electron chi connectivity index (χ1n) is 10.6. The van der Waals surface area contributed by atoms with E-state index in [1.54, 1.807) is 6.92 Å². The number of quaternary nitrogens is 1. The Balaban J connectivity index is 3.10. The molecule has 0 aliphatic heterocycles. The Morgan fingerprint density at radius 3 is 1.12 bits per heavy atom.